The molecule has 14 heavy (non-hydrogen) atoms. The van der Waals surface area contributed by atoms with E-state index in [0.717, 1.165) is 32.5 Å². The van der Waals surface area contributed by atoms with Gasteiger partial charge in [0.2, 0.25) is 0 Å². The van der Waals surface area contributed by atoms with E-state index in [1.165, 1.54) is 25.7 Å². The minimum atomic E-state index is 0.0863. The molecule has 0 bridgehead atoms. The fourth-order valence-corrected chi connectivity index (χ4v) is 1.62. The topological polar surface area (TPSA) is 18.5 Å². The Labute approximate surface area is 87.3 Å². The van der Waals surface area contributed by atoms with E-state index in [0.29, 0.717) is 0 Å². The summed E-state index contributed by atoms with van der Waals surface area (Å²) in [5, 5.41) is 0. The number of allylic oxidation sites excluding steroid dienone is 1. The largest absolute Gasteiger partial charge is 0.353 e. The van der Waals surface area contributed by atoms with Gasteiger partial charge in [-0.15, -0.1) is 6.58 Å². The van der Waals surface area contributed by atoms with Gasteiger partial charge in [0.15, 0.2) is 6.29 Å². The molecule has 0 aliphatic carbocycles. The molecule has 2 heteroatoms. The van der Waals surface area contributed by atoms with Gasteiger partial charge in [0.05, 0.1) is 0 Å². The molecule has 1 aliphatic heterocycles. The highest BCUT2D eigenvalue weighted by Gasteiger charge is 2.12. The smallest absolute Gasteiger partial charge is 0.157 e. The second kappa shape index (κ2) is 8.01. The lowest BCUT2D eigenvalue weighted by atomic mass is 10.2. The minimum Gasteiger partial charge on any atom is -0.353 e. The molecule has 1 unspecified atom stereocenters. The number of hydrogen-bond acceptors (Lipinski definition) is 2. The zero-order valence-corrected chi connectivity index (χ0v) is 9.04. The molecule has 0 radical (unpaired) electrons. The number of rotatable bonds is 7. The van der Waals surface area contributed by atoms with Crippen LogP contribution in [0.15, 0.2) is 12.7 Å². The number of unbranched alkanes of at least 4 members (excludes halogenated alkanes) is 3. The SMILES string of the molecule is C=CCCCCCOC1CCCCO1. The van der Waals surface area contributed by atoms with Crippen LogP contribution in [0.5, 0.6) is 0 Å². The summed E-state index contributed by atoms with van der Waals surface area (Å²) in [4.78, 5) is 0. The van der Waals surface area contributed by atoms with Gasteiger partial charge in [-0.3, -0.25) is 0 Å². The Morgan fingerprint density at radius 3 is 2.93 bits per heavy atom. The van der Waals surface area contributed by atoms with E-state index in [1.54, 1.807) is 0 Å². The maximum absolute atomic E-state index is 5.62. The summed E-state index contributed by atoms with van der Waals surface area (Å²) in [5.74, 6) is 0. The fraction of sp³-hybridized carbons (Fsp3) is 0.833. The Hall–Kier alpha value is -0.340. The zero-order chi connectivity index (χ0) is 10.1. The van der Waals surface area contributed by atoms with Gasteiger partial charge in [0.1, 0.15) is 0 Å². The first-order valence-corrected chi connectivity index (χ1v) is 5.77. The third kappa shape index (κ3) is 5.40. The van der Waals surface area contributed by atoms with Crippen molar-refractivity contribution in [1.29, 1.82) is 0 Å². The molecule has 1 atom stereocenters. The van der Waals surface area contributed by atoms with Crippen LogP contribution in [0.3, 0.4) is 0 Å². The molecule has 0 saturated carbocycles. The Morgan fingerprint density at radius 2 is 2.21 bits per heavy atom. The Bertz CT molecular complexity index is 139. The van der Waals surface area contributed by atoms with E-state index >= 15 is 0 Å². The van der Waals surface area contributed by atoms with Crippen molar-refractivity contribution in [3.8, 4) is 0 Å². The van der Waals surface area contributed by atoms with E-state index in [9.17, 15) is 0 Å². The lowest BCUT2D eigenvalue weighted by molar-refractivity contribution is -0.162. The molecule has 1 aliphatic rings. The summed E-state index contributed by atoms with van der Waals surface area (Å²) >= 11 is 0. The zero-order valence-electron chi connectivity index (χ0n) is 9.04. The van der Waals surface area contributed by atoms with Gasteiger partial charge >= 0.3 is 0 Å². The van der Waals surface area contributed by atoms with Crippen LogP contribution >= 0.6 is 0 Å². The van der Waals surface area contributed by atoms with E-state index in [-0.39, 0.29) is 6.29 Å². The van der Waals surface area contributed by atoms with Crippen molar-refractivity contribution in [3.63, 3.8) is 0 Å². The van der Waals surface area contributed by atoms with Gasteiger partial charge in [0.25, 0.3) is 0 Å². The number of ether oxygens (including phenoxy) is 2. The third-order valence-electron chi connectivity index (χ3n) is 2.49. The maximum Gasteiger partial charge on any atom is 0.157 e. The summed E-state index contributed by atoms with van der Waals surface area (Å²) in [6.45, 7) is 5.43. The Balaban J connectivity index is 1.85. The lowest BCUT2D eigenvalue weighted by Crippen LogP contribution is -2.22. The highest BCUT2D eigenvalue weighted by molar-refractivity contribution is 4.65. The Morgan fingerprint density at radius 1 is 1.29 bits per heavy atom. The predicted molar refractivity (Wildman–Crippen MR) is 58.2 cm³/mol. The monoisotopic (exact) mass is 198 g/mol. The summed E-state index contributed by atoms with van der Waals surface area (Å²) in [5.41, 5.74) is 0. The highest BCUT2D eigenvalue weighted by Crippen LogP contribution is 2.14. The molecule has 0 spiro atoms. The van der Waals surface area contributed by atoms with E-state index in [2.05, 4.69) is 6.58 Å². The fourth-order valence-electron chi connectivity index (χ4n) is 1.62. The second-order valence-electron chi connectivity index (χ2n) is 3.80. The van der Waals surface area contributed by atoms with Crippen molar-refractivity contribution in [3.05, 3.63) is 12.7 Å². The summed E-state index contributed by atoms with van der Waals surface area (Å²) in [6.07, 6.45) is 10.3. The molecule has 0 amide bonds. The highest BCUT2D eigenvalue weighted by atomic mass is 16.7. The van der Waals surface area contributed by atoms with Crippen molar-refractivity contribution in [2.75, 3.05) is 13.2 Å². The predicted octanol–water partition coefficient (Wildman–Crippen LogP) is 3.28. The molecular formula is C12H22O2. The van der Waals surface area contributed by atoms with Crippen LogP contribution in [-0.2, 0) is 9.47 Å². The molecule has 1 saturated heterocycles. The second-order valence-corrected chi connectivity index (χ2v) is 3.80. The van der Waals surface area contributed by atoms with Gasteiger partial charge < -0.3 is 9.47 Å². The lowest BCUT2D eigenvalue weighted by Gasteiger charge is -2.22. The normalized spacial score (nSPS) is 22.1. The van der Waals surface area contributed by atoms with Gasteiger partial charge in [-0.1, -0.05) is 12.5 Å². The van der Waals surface area contributed by atoms with E-state index < -0.39 is 0 Å². The molecule has 0 aromatic heterocycles. The quantitative estimate of drug-likeness (QED) is 0.461. The number of hydrogen-bond donors (Lipinski definition) is 0. The van der Waals surface area contributed by atoms with Crippen LogP contribution in [0.1, 0.15) is 44.9 Å². The van der Waals surface area contributed by atoms with Crippen LogP contribution < -0.4 is 0 Å². The van der Waals surface area contributed by atoms with Crippen LogP contribution in [-0.4, -0.2) is 19.5 Å². The van der Waals surface area contributed by atoms with Gasteiger partial charge in [0, 0.05) is 13.2 Å². The molecule has 2 nitrogen and oxygen atoms in total. The average Bonchev–Trinajstić information content (AvgIpc) is 2.25. The molecule has 0 aromatic carbocycles. The minimum absolute atomic E-state index is 0.0863. The first kappa shape index (κ1) is 11.7. The molecule has 82 valence electrons. The van der Waals surface area contributed by atoms with Crippen molar-refractivity contribution in [2.24, 2.45) is 0 Å². The third-order valence-corrected chi connectivity index (χ3v) is 2.49. The van der Waals surface area contributed by atoms with Crippen molar-refractivity contribution >= 4 is 0 Å². The summed E-state index contributed by atoms with van der Waals surface area (Å²) in [6, 6.07) is 0. The van der Waals surface area contributed by atoms with Crippen LogP contribution in [0.4, 0.5) is 0 Å². The van der Waals surface area contributed by atoms with Crippen molar-refractivity contribution in [2.45, 2.75) is 51.2 Å². The molecule has 0 N–H and O–H groups in total. The summed E-state index contributed by atoms with van der Waals surface area (Å²) < 4.78 is 11.1. The maximum atomic E-state index is 5.62. The van der Waals surface area contributed by atoms with Crippen LogP contribution in [0, 0.1) is 0 Å². The molecule has 1 rings (SSSR count). The standard InChI is InChI=1S/C12H22O2/c1-2-3-4-5-7-10-13-12-9-6-8-11-14-12/h2,12H,1,3-11H2. The molecule has 1 heterocycles. The molecular weight excluding hydrogens is 176 g/mol. The van der Waals surface area contributed by atoms with Crippen molar-refractivity contribution in [1.82, 2.24) is 0 Å². The summed E-state index contributed by atoms with van der Waals surface area (Å²) in [7, 11) is 0. The first-order chi connectivity index (χ1) is 6.93. The van der Waals surface area contributed by atoms with Gasteiger partial charge in [-0.25, -0.2) is 0 Å². The van der Waals surface area contributed by atoms with Crippen LogP contribution in [0.25, 0.3) is 0 Å². The average molecular weight is 198 g/mol. The first-order valence-electron chi connectivity index (χ1n) is 5.77. The van der Waals surface area contributed by atoms with E-state index in [1.807, 2.05) is 6.08 Å². The van der Waals surface area contributed by atoms with Crippen LogP contribution in [0.2, 0.25) is 0 Å². The Kier molecular flexibility index (Phi) is 6.71. The van der Waals surface area contributed by atoms with Gasteiger partial charge in [-0.2, -0.15) is 0 Å². The van der Waals surface area contributed by atoms with E-state index in [4.69, 9.17) is 9.47 Å². The van der Waals surface area contributed by atoms with Gasteiger partial charge in [-0.05, 0) is 38.5 Å². The molecule has 0 aromatic rings. The molecule has 1 fully saturated rings. The van der Waals surface area contributed by atoms with Crippen molar-refractivity contribution < 1.29 is 9.47 Å².